The summed E-state index contributed by atoms with van der Waals surface area (Å²) in [7, 11) is 0. The molecule has 0 atom stereocenters. The number of halogens is 1. The van der Waals surface area contributed by atoms with Crippen molar-refractivity contribution in [1.29, 1.82) is 5.26 Å². The molecule has 6 heteroatoms. The van der Waals surface area contributed by atoms with Crippen molar-refractivity contribution in [3.05, 3.63) is 40.5 Å². The first-order valence-corrected chi connectivity index (χ1v) is 4.92. The van der Waals surface area contributed by atoms with Gasteiger partial charge in [-0.2, -0.15) is 5.26 Å². The lowest BCUT2D eigenvalue weighted by Gasteiger charge is -2.04. The van der Waals surface area contributed by atoms with Crippen LogP contribution in [0.1, 0.15) is 11.3 Å². The van der Waals surface area contributed by atoms with E-state index in [-0.39, 0.29) is 11.5 Å². The number of nitriles is 1. The standard InChI is InChI=1S/C10H8ClN5/c11-8-4-2-1-3-7(8)6-16-10(13)9(5-12)14-15-16/h1-4H,6,13H2. The second-order valence-corrected chi connectivity index (χ2v) is 3.59. The third kappa shape index (κ3) is 1.83. The van der Waals surface area contributed by atoms with Crippen LogP contribution in [0.5, 0.6) is 0 Å². The summed E-state index contributed by atoms with van der Waals surface area (Å²) in [6.45, 7) is 0.403. The zero-order valence-electron chi connectivity index (χ0n) is 8.26. The number of hydrogen-bond donors (Lipinski definition) is 1. The van der Waals surface area contributed by atoms with E-state index in [1.807, 2.05) is 24.3 Å². The molecule has 0 fully saturated rings. The van der Waals surface area contributed by atoms with Crippen LogP contribution in [0.4, 0.5) is 5.82 Å². The molecular formula is C10H8ClN5. The van der Waals surface area contributed by atoms with Gasteiger partial charge in [0.15, 0.2) is 5.82 Å². The highest BCUT2D eigenvalue weighted by Crippen LogP contribution is 2.17. The number of benzene rings is 1. The minimum absolute atomic E-state index is 0.132. The summed E-state index contributed by atoms with van der Waals surface area (Å²) in [6.07, 6.45) is 0. The first kappa shape index (κ1) is 10.5. The SMILES string of the molecule is N#Cc1nnn(Cc2ccccc2Cl)c1N. The predicted octanol–water partition coefficient (Wildman–Crippen LogP) is 1.43. The zero-order valence-corrected chi connectivity index (χ0v) is 9.02. The molecule has 0 amide bonds. The quantitative estimate of drug-likeness (QED) is 0.851. The Labute approximate surface area is 97.0 Å². The molecule has 2 aromatic rings. The second-order valence-electron chi connectivity index (χ2n) is 3.18. The number of aromatic nitrogens is 3. The molecule has 5 nitrogen and oxygen atoms in total. The molecule has 0 saturated heterocycles. The first-order chi connectivity index (χ1) is 7.72. The summed E-state index contributed by atoms with van der Waals surface area (Å²) in [4.78, 5) is 0. The van der Waals surface area contributed by atoms with Crippen LogP contribution in [0.3, 0.4) is 0 Å². The van der Waals surface area contributed by atoms with Gasteiger partial charge >= 0.3 is 0 Å². The Morgan fingerprint density at radius 2 is 2.19 bits per heavy atom. The third-order valence-electron chi connectivity index (χ3n) is 2.16. The number of nitrogens with zero attached hydrogens (tertiary/aromatic N) is 4. The van der Waals surface area contributed by atoms with Crippen LogP contribution in [0.25, 0.3) is 0 Å². The van der Waals surface area contributed by atoms with Gasteiger partial charge in [-0.1, -0.05) is 35.0 Å². The molecule has 2 rings (SSSR count). The Morgan fingerprint density at radius 1 is 1.44 bits per heavy atom. The van der Waals surface area contributed by atoms with Gasteiger partial charge in [0.25, 0.3) is 0 Å². The van der Waals surface area contributed by atoms with Crippen LogP contribution in [0.2, 0.25) is 5.02 Å². The van der Waals surface area contributed by atoms with Crippen molar-refractivity contribution >= 4 is 17.4 Å². The summed E-state index contributed by atoms with van der Waals surface area (Å²) in [5.74, 6) is 0.252. The molecule has 0 aliphatic carbocycles. The van der Waals surface area contributed by atoms with Gasteiger partial charge in [0, 0.05) is 5.02 Å². The maximum absolute atomic E-state index is 8.68. The van der Waals surface area contributed by atoms with Gasteiger partial charge in [-0.05, 0) is 11.6 Å². The van der Waals surface area contributed by atoms with Crippen molar-refractivity contribution in [3.8, 4) is 6.07 Å². The van der Waals surface area contributed by atoms with Crippen molar-refractivity contribution in [2.45, 2.75) is 6.54 Å². The monoisotopic (exact) mass is 233 g/mol. The summed E-state index contributed by atoms with van der Waals surface area (Å²) < 4.78 is 1.44. The fourth-order valence-corrected chi connectivity index (χ4v) is 1.50. The molecular weight excluding hydrogens is 226 g/mol. The molecule has 0 unspecified atom stereocenters. The molecule has 16 heavy (non-hydrogen) atoms. The van der Waals surface area contributed by atoms with Gasteiger partial charge in [0.2, 0.25) is 5.69 Å². The van der Waals surface area contributed by atoms with Crippen LogP contribution in [0.15, 0.2) is 24.3 Å². The maximum Gasteiger partial charge on any atom is 0.206 e. The molecule has 1 heterocycles. The highest BCUT2D eigenvalue weighted by Gasteiger charge is 2.09. The van der Waals surface area contributed by atoms with E-state index in [0.717, 1.165) is 5.56 Å². The van der Waals surface area contributed by atoms with E-state index < -0.39 is 0 Å². The van der Waals surface area contributed by atoms with Crippen LogP contribution in [-0.4, -0.2) is 15.0 Å². The maximum atomic E-state index is 8.68. The highest BCUT2D eigenvalue weighted by atomic mass is 35.5. The number of anilines is 1. The van der Waals surface area contributed by atoms with Crippen LogP contribution in [0, 0.1) is 11.3 Å². The largest absolute Gasteiger partial charge is 0.381 e. The van der Waals surface area contributed by atoms with E-state index in [4.69, 9.17) is 22.6 Å². The molecule has 0 radical (unpaired) electrons. The second kappa shape index (κ2) is 4.21. The summed E-state index contributed by atoms with van der Waals surface area (Å²) in [6, 6.07) is 9.24. The number of nitrogen functional groups attached to an aromatic ring is 1. The molecule has 0 spiro atoms. The smallest absolute Gasteiger partial charge is 0.206 e. The normalized spacial score (nSPS) is 10.0. The van der Waals surface area contributed by atoms with Gasteiger partial charge in [0.05, 0.1) is 6.54 Å². The Balaban J connectivity index is 2.32. The van der Waals surface area contributed by atoms with Gasteiger partial charge in [0.1, 0.15) is 6.07 Å². The molecule has 1 aromatic carbocycles. The molecule has 0 bridgehead atoms. The van der Waals surface area contributed by atoms with Crippen molar-refractivity contribution in [1.82, 2.24) is 15.0 Å². The van der Waals surface area contributed by atoms with E-state index in [2.05, 4.69) is 10.3 Å². The molecule has 2 N–H and O–H groups in total. The molecule has 0 aliphatic rings. The average Bonchev–Trinajstić information content (AvgIpc) is 2.63. The lowest BCUT2D eigenvalue weighted by Crippen LogP contribution is -2.06. The van der Waals surface area contributed by atoms with E-state index in [1.54, 1.807) is 6.07 Å². The lowest BCUT2D eigenvalue weighted by atomic mass is 10.2. The number of rotatable bonds is 2. The van der Waals surface area contributed by atoms with E-state index in [9.17, 15) is 0 Å². The first-order valence-electron chi connectivity index (χ1n) is 4.55. The van der Waals surface area contributed by atoms with Crippen LogP contribution in [-0.2, 0) is 6.54 Å². The van der Waals surface area contributed by atoms with Crippen molar-refractivity contribution in [2.75, 3.05) is 5.73 Å². The number of hydrogen-bond acceptors (Lipinski definition) is 4. The highest BCUT2D eigenvalue weighted by molar-refractivity contribution is 6.31. The fraction of sp³-hybridized carbons (Fsp3) is 0.100. The Hall–Kier alpha value is -2.06. The van der Waals surface area contributed by atoms with Gasteiger partial charge in [-0.15, -0.1) is 5.10 Å². The third-order valence-corrected chi connectivity index (χ3v) is 2.53. The van der Waals surface area contributed by atoms with Crippen molar-refractivity contribution < 1.29 is 0 Å². The minimum Gasteiger partial charge on any atom is -0.381 e. The summed E-state index contributed by atoms with van der Waals surface area (Å²) in [5, 5.41) is 16.7. The van der Waals surface area contributed by atoms with E-state index >= 15 is 0 Å². The minimum atomic E-state index is 0.132. The molecule has 0 aliphatic heterocycles. The Kier molecular flexibility index (Phi) is 2.75. The van der Waals surface area contributed by atoms with E-state index in [1.165, 1.54) is 4.68 Å². The van der Waals surface area contributed by atoms with Gasteiger partial charge in [-0.25, -0.2) is 4.68 Å². The van der Waals surface area contributed by atoms with Crippen LogP contribution < -0.4 is 5.73 Å². The van der Waals surface area contributed by atoms with Crippen LogP contribution >= 0.6 is 11.6 Å². The number of nitrogens with two attached hydrogens (primary N) is 1. The fourth-order valence-electron chi connectivity index (χ4n) is 1.30. The molecule has 80 valence electrons. The molecule has 0 saturated carbocycles. The van der Waals surface area contributed by atoms with E-state index in [0.29, 0.717) is 11.6 Å². The topological polar surface area (TPSA) is 80.5 Å². The summed E-state index contributed by atoms with van der Waals surface area (Å²) >= 11 is 6.00. The lowest BCUT2D eigenvalue weighted by molar-refractivity contribution is 0.657. The Morgan fingerprint density at radius 3 is 2.81 bits per heavy atom. The van der Waals surface area contributed by atoms with Crippen molar-refractivity contribution in [3.63, 3.8) is 0 Å². The van der Waals surface area contributed by atoms with Crippen molar-refractivity contribution in [2.24, 2.45) is 0 Å². The van der Waals surface area contributed by atoms with Gasteiger partial charge < -0.3 is 5.73 Å². The summed E-state index contributed by atoms with van der Waals surface area (Å²) in [5.41, 5.74) is 6.70. The predicted molar refractivity (Wildman–Crippen MR) is 59.7 cm³/mol. The van der Waals surface area contributed by atoms with Gasteiger partial charge in [-0.3, -0.25) is 0 Å². The average molecular weight is 234 g/mol. The zero-order chi connectivity index (χ0) is 11.5. The Bertz CT molecular complexity index is 555. The molecule has 1 aromatic heterocycles.